The zero-order valence-corrected chi connectivity index (χ0v) is 8.25. The summed E-state index contributed by atoms with van der Waals surface area (Å²) in [5, 5.41) is 2.98. The van der Waals surface area contributed by atoms with E-state index < -0.39 is 5.97 Å². The first-order valence-electron chi connectivity index (χ1n) is 4.73. The summed E-state index contributed by atoms with van der Waals surface area (Å²) in [7, 11) is 0. The van der Waals surface area contributed by atoms with Gasteiger partial charge in [0, 0.05) is 6.54 Å². The van der Waals surface area contributed by atoms with Crippen molar-refractivity contribution in [3.05, 3.63) is 0 Å². The second-order valence-corrected chi connectivity index (χ2v) is 3.03. The number of nitrogens with one attached hydrogen (secondary N) is 1. The molecule has 1 fully saturated rings. The summed E-state index contributed by atoms with van der Waals surface area (Å²) in [6, 6.07) is -0.354. The van der Waals surface area contributed by atoms with Crippen LogP contribution >= 0.6 is 0 Å². The lowest BCUT2D eigenvalue weighted by Crippen LogP contribution is -2.47. The summed E-state index contributed by atoms with van der Waals surface area (Å²) in [5.74, 6) is -0.631. The Kier molecular flexibility index (Phi) is 4.55. The molecule has 0 aromatic rings. The largest absolute Gasteiger partial charge is 0.466 e. The third-order valence-corrected chi connectivity index (χ3v) is 1.93. The summed E-state index contributed by atoms with van der Waals surface area (Å²) in [4.78, 5) is 22.4. The Morgan fingerprint density at radius 3 is 2.93 bits per heavy atom. The molecule has 1 unspecified atom stereocenters. The molecule has 1 atom stereocenters. The van der Waals surface area contributed by atoms with Crippen LogP contribution in [0.2, 0.25) is 0 Å². The number of ketones is 1. The minimum absolute atomic E-state index is 0.164. The Bertz CT molecular complexity index is 211. The van der Waals surface area contributed by atoms with Gasteiger partial charge in [-0.05, 0) is 6.92 Å². The van der Waals surface area contributed by atoms with Crippen LogP contribution in [0.5, 0.6) is 0 Å². The number of ether oxygens (including phenoxy) is 2. The molecule has 0 saturated carbocycles. The molecule has 1 saturated heterocycles. The van der Waals surface area contributed by atoms with E-state index in [0.29, 0.717) is 26.4 Å². The molecule has 0 aliphatic carbocycles. The number of hydrogen-bond donors (Lipinski definition) is 1. The molecule has 0 radical (unpaired) electrons. The Labute approximate surface area is 82.8 Å². The van der Waals surface area contributed by atoms with E-state index in [2.05, 4.69) is 10.1 Å². The number of rotatable bonds is 4. The maximum Gasteiger partial charge on any atom is 0.313 e. The number of morpholine rings is 1. The molecule has 0 amide bonds. The van der Waals surface area contributed by atoms with Crippen molar-refractivity contribution >= 4 is 11.8 Å². The van der Waals surface area contributed by atoms with E-state index in [1.54, 1.807) is 6.92 Å². The van der Waals surface area contributed by atoms with Crippen molar-refractivity contribution in [3.63, 3.8) is 0 Å². The molecule has 1 N–H and O–H groups in total. The predicted molar refractivity (Wildman–Crippen MR) is 48.9 cm³/mol. The zero-order chi connectivity index (χ0) is 10.4. The standard InChI is InChI=1S/C9H15NO4/c1-2-14-9(12)5-8(11)7-6-13-4-3-10-7/h7,10H,2-6H2,1H3. The smallest absolute Gasteiger partial charge is 0.313 e. The Hall–Kier alpha value is -0.940. The van der Waals surface area contributed by atoms with Gasteiger partial charge in [-0.3, -0.25) is 9.59 Å². The average Bonchev–Trinajstić information content (AvgIpc) is 2.19. The molecule has 5 nitrogen and oxygen atoms in total. The average molecular weight is 201 g/mol. The molecule has 1 aliphatic rings. The van der Waals surface area contributed by atoms with Crippen LogP contribution in [0.3, 0.4) is 0 Å². The van der Waals surface area contributed by atoms with Gasteiger partial charge in [0.2, 0.25) is 0 Å². The van der Waals surface area contributed by atoms with Crippen LogP contribution in [0.25, 0.3) is 0 Å². The topological polar surface area (TPSA) is 64.6 Å². The van der Waals surface area contributed by atoms with E-state index in [1.165, 1.54) is 0 Å². The van der Waals surface area contributed by atoms with Gasteiger partial charge in [0.05, 0.1) is 25.9 Å². The summed E-state index contributed by atoms with van der Waals surface area (Å²) >= 11 is 0. The van der Waals surface area contributed by atoms with Crippen LogP contribution < -0.4 is 5.32 Å². The van der Waals surface area contributed by atoms with Crippen LogP contribution in [-0.2, 0) is 19.1 Å². The highest BCUT2D eigenvalue weighted by molar-refractivity contribution is 5.98. The van der Waals surface area contributed by atoms with E-state index in [1.807, 2.05) is 0 Å². The van der Waals surface area contributed by atoms with Crippen molar-refractivity contribution in [1.82, 2.24) is 5.32 Å². The van der Waals surface area contributed by atoms with E-state index in [9.17, 15) is 9.59 Å². The Morgan fingerprint density at radius 1 is 1.57 bits per heavy atom. The maximum atomic E-state index is 11.4. The van der Waals surface area contributed by atoms with Crippen molar-refractivity contribution in [3.8, 4) is 0 Å². The van der Waals surface area contributed by atoms with Crippen LogP contribution in [0.15, 0.2) is 0 Å². The molecule has 14 heavy (non-hydrogen) atoms. The third-order valence-electron chi connectivity index (χ3n) is 1.93. The van der Waals surface area contributed by atoms with E-state index in [-0.39, 0.29) is 18.2 Å². The quantitative estimate of drug-likeness (QED) is 0.490. The lowest BCUT2D eigenvalue weighted by atomic mass is 10.1. The van der Waals surface area contributed by atoms with Crippen molar-refractivity contribution < 1.29 is 19.1 Å². The molecule has 0 aromatic heterocycles. The SMILES string of the molecule is CCOC(=O)CC(=O)C1COCCN1. The molecule has 1 heterocycles. The highest BCUT2D eigenvalue weighted by Gasteiger charge is 2.23. The van der Waals surface area contributed by atoms with Gasteiger partial charge in [-0.2, -0.15) is 0 Å². The molecule has 80 valence electrons. The minimum atomic E-state index is -0.468. The highest BCUT2D eigenvalue weighted by Crippen LogP contribution is 1.99. The second kappa shape index (κ2) is 5.72. The van der Waals surface area contributed by atoms with Crippen molar-refractivity contribution in [2.24, 2.45) is 0 Å². The molecular formula is C9H15NO4. The monoisotopic (exact) mass is 201 g/mol. The van der Waals surface area contributed by atoms with Crippen molar-refractivity contribution in [2.45, 2.75) is 19.4 Å². The van der Waals surface area contributed by atoms with Gasteiger partial charge in [-0.15, -0.1) is 0 Å². The van der Waals surface area contributed by atoms with Gasteiger partial charge < -0.3 is 14.8 Å². The third kappa shape index (κ3) is 3.43. The van der Waals surface area contributed by atoms with E-state index in [0.717, 1.165) is 0 Å². The Morgan fingerprint density at radius 2 is 2.36 bits per heavy atom. The Balaban J connectivity index is 2.29. The lowest BCUT2D eigenvalue weighted by molar-refractivity contribution is -0.146. The summed E-state index contributed by atoms with van der Waals surface area (Å²) in [6.45, 7) is 3.63. The highest BCUT2D eigenvalue weighted by atomic mass is 16.5. The van der Waals surface area contributed by atoms with Crippen LogP contribution in [0, 0.1) is 0 Å². The molecule has 1 rings (SSSR count). The molecule has 0 spiro atoms. The number of esters is 1. The summed E-state index contributed by atoms with van der Waals surface area (Å²) in [6.07, 6.45) is -0.172. The van der Waals surface area contributed by atoms with Gasteiger partial charge in [0.1, 0.15) is 6.42 Å². The normalized spacial score (nSPS) is 21.6. The maximum absolute atomic E-state index is 11.4. The van der Waals surface area contributed by atoms with Crippen LogP contribution in [0.1, 0.15) is 13.3 Å². The second-order valence-electron chi connectivity index (χ2n) is 3.03. The fourth-order valence-corrected chi connectivity index (χ4v) is 1.25. The first kappa shape index (κ1) is 11.1. The number of carbonyl (C=O) groups excluding carboxylic acids is 2. The van der Waals surface area contributed by atoms with Crippen LogP contribution in [-0.4, -0.2) is 44.2 Å². The molecule has 0 aromatic carbocycles. The first-order valence-corrected chi connectivity index (χ1v) is 4.73. The number of carbonyl (C=O) groups is 2. The molecule has 5 heteroatoms. The van der Waals surface area contributed by atoms with E-state index in [4.69, 9.17) is 4.74 Å². The summed E-state index contributed by atoms with van der Waals surface area (Å²) < 4.78 is 9.78. The van der Waals surface area contributed by atoms with Crippen molar-refractivity contribution in [2.75, 3.05) is 26.4 Å². The first-order chi connectivity index (χ1) is 6.74. The minimum Gasteiger partial charge on any atom is -0.466 e. The summed E-state index contributed by atoms with van der Waals surface area (Å²) in [5.41, 5.74) is 0. The van der Waals surface area contributed by atoms with Crippen molar-refractivity contribution in [1.29, 1.82) is 0 Å². The van der Waals surface area contributed by atoms with Gasteiger partial charge in [-0.25, -0.2) is 0 Å². The van der Waals surface area contributed by atoms with Gasteiger partial charge in [0.15, 0.2) is 5.78 Å². The van der Waals surface area contributed by atoms with Gasteiger partial charge in [0.25, 0.3) is 0 Å². The number of hydrogen-bond acceptors (Lipinski definition) is 5. The van der Waals surface area contributed by atoms with Gasteiger partial charge >= 0.3 is 5.97 Å². The fraction of sp³-hybridized carbons (Fsp3) is 0.778. The lowest BCUT2D eigenvalue weighted by Gasteiger charge is -2.22. The molecule has 1 aliphatic heterocycles. The predicted octanol–water partition coefficient (Wildman–Crippen LogP) is -0.503. The molecule has 0 bridgehead atoms. The fourth-order valence-electron chi connectivity index (χ4n) is 1.25. The van der Waals surface area contributed by atoms with E-state index >= 15 is 0 Å². The van der Waals surface area contributed by atoms with Crippen LogP contribution in [0.4, 0.5) is 0 Å². The zero-order valence-electron chi connectivity index (χ0n) is 8.25. The van der Waals surface area contributed by atoms with Gasteiger partial charge in [-0.1, -0.05) is 0 Å². The number of Topliss-reactive ketones (excluding diaryl/α,β-unsaturated/α-hetero) is 1. The molecular weight excluding hydrogens is 186 g/mol.